The Bertz CT molecular complexity index is 538. The molecule has 0 aliphatic carbocycles. The van der Waals surface area contributed by atoms with Crippen molar-refractivity contribution in [1.29, 1.82) is 0 Å². The molecule has 0 aliphatic heterocycles. The molecule has 0 spiro atoms. The number of hydrogen-bond acceptors (Lipinski definition) is 3. The first-order valence-corrected chi connectivity index (χ1v) is 6.98. The number of rotatable bonds is 5. The molecule has 4 heteroatoms. The van der Waals surface area contributed by atoms with Crippen molar-refractivity contribution in [1.82, 2.24) is 0 Å². The van der Waals surface area contributed by atoms with E-state index in [0.29, 0.717) is 6.42 Å². The molecule has 3 N–H and O–H groups in total. The van der Waals surface area contributed by atoms with E-state index in [2.05, 4.69) is 41.6 Å². The molecule has 0 saturated heterocycles. The van der Waals surface area contributed by atoms with Crippen LogP contribution in [0.4, 0.5) is 0 Å². The average Bonchev–Trinajstić information content (AvgIpc) is 2.47. The maximum Gasteiger partial charge on any atom is 0.143 e. The Morgan fingerprint density at radius 1 is 1.00 bits per heavy atom. The van der Waals surface area contributed by atoms with Gasteiger partial charge in [-0.05, 0) is 23.3 Å². The van der Waals surface area contributed by atoms with Gasteiger partial charge in [0, 0.05) is 17.1 Å². The molecule has 2 aromatic rings. The van der Waals surface area contributed by atoms with Gasteiger partial charge in [0.05, 0.1) is 0 Å². The van der Waals surface area contributed by atoms with Gasteiger partial charge in [0.25, 0.3) is 0 Å². The molecule has 19 heavy (non-hydrogen) atoms. The molecule has 2 aromatic carbocycles. The van der Waals surface area contributed by atoms with Crippen molar-refractivity contribution in [3.8, 4) is 0 Å². The zero-order valence-electron chi connectivity index (χ0n) is 10.5. The third-order valence-electron chi connectivity index (χ3n) is 2.69. The van der Waals surface area contributed by atoms with E-state index in [9.17, 15) is 0 Å². The molecule has 0 radical (unpaired) electrons. The van der Waals surface area contributed by atoms with Crippen LogP contribution in [0.5, 0.6) is 0 Å². The van der Waals surface area contributed by atoms with Crippen LogP contribution in [0.25, 0.3) is 0 Å². The van der Waals surface area contributed by atoms with Gasteiger partial charge in [0.1, 0.15) is 5.84 Å². The second kappa shape index (κ2) is 6.85. The quantitative estimate of drug-likeness (QED) is 0.289. The normalized spacial score (nSPS) is 11.5. The Labute approximate surface area is 117 Å². The van der Waals surface area contributed by atoms with E-state index >= 15 is 0 Å². The zero-order valence-corrected chi connectivity index (χ0v) is 11.3. The van der Waals surface area contributed by atoms with E-state index in [-0.39, 0.29) is 5.84 Å². The number of amidine groups is 1. The monoisotopic (exact) mass is 272 g/mol. The van der Waals surface area contributed by atoms with Crippen LogP contribution in [0.15, 0.2) is 64.6 Å². The minimum atomic E-state index is 0.227. The second-order valence-corrected chi connectivity index (χ2v) is 5.24. The maximum absolute atomic E-state index is 8.52. The first-order chi connectivity index (χ1) is 9.28. The predicted molar refractivity (Wildman–Crippen MR) is 79.6 cm³/mol. The SMILES string of the molecule is NC(Cc1ccc(SCc2ccccc2)cc1)=NO. The number of nitrogens with zero attached hydrogens (tertiary/aromatic N) is 1. The molecule has 0 fully saturated rings. The zero-order chi connectivity index (χ0) is 13.5. The molecule has 0 saturated carbocycles. The van der Waals surface area contributed by atoms with E-state index in [4.69, 9.17) is 10.9 Å². The van der Waals surface area contributed by atoms with E-state index in [1.165, 1.54) is 10.5 Å². The smallest absolute Gasteiger partial charge is 0.143 e. The number of nitrogens with two attached hydrogens (primary N) is 1. The Hall–Kier alpha value is -1.94. The summed E-state index contributed by atoms with van der Waals surface area (Å²) in [5, 5.41) is 11.5. The first kappa shape index (κ1) is 13.5. The highest BCUT2D eigenvalue weighted by Gasteiger charge is 1.99. The van der Waals surface area contributed by atoms with Crippen LogP contribution in [0.1, 0.15) is 11.1 Å². The van der Waals surface area contributed by atoms with Gasteiger partial charge >= 0.3 is 0 Å². The molecule has 0 heterocycles. The van der Waals surface area contributed by atoms with E-state index in [0.717, 1.165) is 11.3 Å². The summed E-state index contributed by atoms with van der Waals surface area (Å²) >= 11 is 1.80. The van der Waals surface area contributed by atoms with Gasteiger partial charge in [-0.1, -0.05) is 47.6 Å². The average molecular weight is 272 g/mol. The molecule has 0 aliphatic rings. The van der Waals surface area contributed by atoms with Gasteiger partial charge in [0.15, 0.2) is 0 Å². The van der Waals surface area contributed by atoms with Gasteiger partial charge in [0.2, 0.25) is 0 Å². The molecule has 0 unspecified atom stereocenters. The van der Waals surface area contributed by atoms with Gasteiger partial charge in [-0.2, -0.15) is 0 Å². The van der Waals surface area contributed by atoms with Crippen LogP contribution in [0.2, 0.25) is 0 Å². The van der Waals surface area contributed by atoms with Crippen LogP contribution in [-0.4, -0.2) is 11.0 Å². The van der Waals surface area contributed by atoms with Crippen molar-refractivity contribution >= 4 is 17.6 Å². The Morgan fingerprint density at radius 2 is 1.68 bits per heavy atom. The third-order valence-corrected chi connectivity index (χ3v) is 3.77. The lowest BCUT2D eigenvalue weighted by Crippen LogP contribution is -2.14. The molecule has 2 rings (SSSR count). The van der Waals surface area contributed by atoms with Crippen molar-refractivity contribution in [3.05, 3.63) is 65.7 Å². The minimum absolute atomic E-state index is 0.227. The van der Waals surface area contributed by atoms with Crippen molar-refractivity contribution in [2.24, 2.45) is 10.9 Å². The Kier molecular flexibility index (Phi) is 4.86. The molecule has 98 valence electrons. The van der Waals surface area contributed by atoms with E-state index in [1.807, 2.05) is 18.2 Å². The molecule has 3 nitrogen and oxygen atoms in total. The van der Waals surface area contributed by atoms with Crippen LogP contribution in [0, 0.1) is 0 Å². The van der Waals surface area contributed by atoms with Crippen molar-refractivity contribution in [2.45, 2.75) is 17.1 Å². The standard InChI is InChI=1S/C15H16N2OS/c16-15(17-18)10-12-6-8-14(9-7-12)19-11-13-4-2-1-3-5-13/h1-9,18H,10-11H2,(H2,16,17). The number of hydrogen-bond donors (Lipinski definition) is 2. The fraction of sp³-hybridized carbons (Fsp3) is 0.133. The minimum Gasteiger partial charge on any atom is -0.409 e. The lowest BCUT2D eigenvalue weighted by Gasteiger charge is -2.04. The van der Waals surface area contributed by atoms with Crippen molar-refractivity contribution < 1.29 is 5.21 Å². The summed E-state index contributed by atoms with van der Waals surface area (Å²) in [5.41, 5.74) is 7.83. The van der Waals surface area contributed by atoms with Gasteiger partial charge in [-0.25, -0.2) is 0 Å². The third kappa shape index (κ3) is 4.34. The predicted octanol–water partition coefficient (Wildman–Crippen LogP) is 3.27. The van der Waals surface area contributed by atoms with Gasteiger partial charge in [-0.3, -0.25) is 0 Å². The summed E-state index contributed by atoms with van der Waals surface area (Å²) in [6.07, 6.45) is 0.472. The Morgan fingerprint density at radius 3 is 2.32 bits per heavy atom. The maximum atomic E-state index is 8.52. The lowest BCUT2D eigenvalue weighted by molar-refractivity contribution is 0.317. The fourth-order valence-corrected chi connectivity index (χ4v) is 2.54. The number of benzene rings is 2. The highest BCUT2D eigenvalue weighted by Crippen LogP contribution is 2.23. The van der Waals surface area contributed by atoms with Gasteiger partial charge in [-0.15, -0.1) is 11.8 Å². The van der Waals surface area contributed by atoms with Crippen molar-refractivity contribution in [2.75, 3.05) is 0 Å². The lowest BCUT2D eigenvalue weighted by atomic mass is 10.1. The summed E-state index contributed by atoms with van der Waals surface area (Å²) in [5.74, 6) is 1.19. The highest BCUT2D eigenvalue weighted by molar-refractivity contribution is 7.98. The Balaban J connectivity index is 1.92. The molecular formula is C15H16N2OS. The summed E-state index contributed by atoms with van der Waals surface area (Å²) in [6.45, 7) is 0. The fourth-order valence-electron chi connectivity index (χ4n) is 1.69. The summed E-state index contributed by atoms with van der Waals surface area (Å²) in [4.78, 5) is 1.21. The van der Waals surface area contributed by atoms with E-state index < -0.39 is 0 Å². The number of oxime groups is 1. The molecule has 0 atom stereocenters. The van der Waals surface area contributed by atoms with Gasteiger partial charge < -0.3 is 10.9 Å². The molecule has 0 bridgehead atoms. The summed E-state index contributed by atoms with van der Waals surface area (Å²) in [6, 6.07) is 18.5. The van der Waals surface area contributed by atoms with Crippen LogP contribution >= 0.6 is 11.8 Å². The molecular weight excluding hydrogens is 256 g/mol. The second-order valence-electron chi connectivity index (χ2n) is 4.19. The highest BCUT2D eigenvalue weighted by atomic mass is 32.2. The summed E-state index contributed by atoms with van der Waals surface area (Å²) in [7, 11) is 0. The van der Waals surface area contributed by atoms with Crippen LogP contribution < -0.4 is 5.73 Å². The summed E-state index contributed by atoms with van der Waals surface area (Å²) < 4.78 is 0. The van der Waals surface area contributed by atoms with E-state index in [1.54, 1.807) is 11.8 Å². The largest absolute Gasteiger partial charge is 0.409 e. The van der Waals surface area contributed by atoms with Crippen molar-refractivity contribution in [3.63, 3.8) is 0 Å². The topological polar surface area (TPSA) is 58.6 Å². The molecule has 0 amide bonds. The number of thioether (sulfide) groups is 1. The molecule has 0 aromatic heterocycles. The first-order valence-electron chi connectivity index (χ1n) is 6.00. The van der Waals surface area contributed by atoms with Crippen LogP contribution in [-0.2, 0) is 12.2 Å². The van der Waals surface area contributed by atoms with Crippen LogP contribution in [0.3, 0.4) is 0 Å².